The average Bonchev–Trinajstić information content (AvgIpc) is 2.93. The Hall–Kier alpha value is -1.84. The van der Waals surface area contributed by atoms with E-state index in [4.69, 9.17) is 5.73 Å². The lowest BCUT2D eigenvalue weighted by Crippen LogP contribution is -2.32. The number of nitrogens with two attached hydrogens (primary N) is 1. The van der Waals surface area contributed by atoms with Gasteiger partial charge in [-0.25, -0.2) is 0 Å². The van der Waals surface area contributed by atoms with Crippen LogP contribution >= 0.6 is 12.4 Å². The number of unbranched alkanes of at least 4 members (excludes halogenated alkanes) is 10. The molecule has 1 amide bonds. The Morgan fingerprint density at radius 3 is 1.87 bits per heavy atom. The largest absolute Gasteiger partial charge is 0.343 e. The van der Waals surface area contributed by atoms with Crippen molar-refractivity contribution in [2.24, 2.45) is 5.73 Å². The highest BCUT2D eigenvalue weighted by molar-refractivity contribution is 5.85. The van der Waals surface area contributed by atoms with E-state index in [0.29, 0.717) is 18.2 Å². The minimum atomic E-state index is 0. The first-order valence-electron chi connectivity index (χ1n) is 15.3. The number of aryl methyl sites for hydroxylation is 1. The molecule has 38 heavy (non-hydrogen) atoms. The third-order valence-corrected chi connectivity index (χ3v) is 7.62. The van der Waals surface area contributed by atoms with E-state index in [1.165, 1.54) is 75.3 Å². The molecule has 1 unspecified atom stereocenters. The Balaban J connectivity index is 0.00000722. The minimum Gasteiger partial charge on any atom is -0.343 e. The Morgan fingerprint density at radius 1 is 0.684 bits per heavy atom. The molecule has 0 spiro atoms. The Kier molecular flexibility index (Phi) is 20.8. The first kappa shape index (κ1) is 34.2. The molecule has 4 heteroatoms. The number of carbonyl (C=O) groups is 1. The van der Waals surface area contributed by atoms with E-state index in [0.717, 1.165) is 51.7 Å². The van der Waals surface area contributed by atoms with Crippen LogP contribution in [-0.4, -0.2) is 30.4 Å². The van der Waals surface area contributed by atoms with Crippen molar-refractivity contribution in [3.63, 3.8) is 0 Å². The van der Waals surface area contributed by atoms with Gasteiger partial charge < -0.3 is 10.6 Å². The van der Waals surface area contributed by atoms with Crippen LogP contribution in [0.3, 0.4) is 0 Å². The van der Waals surface area contributed by atoms with Crippen LogP contribution in [0, 0.1) is 0 Å². The Bertz CT molecular complexity index is 799. The predicted molar refractivity (Wildman–Crippen MR) is 167 cm³/mol. The summed E-state index contributed by atoms with van der Waals surface area (Å²) < 4.78 is 0. The van der Waals surface area contributed by atoms with Crippen LogP contribution in [-0.2, 0) is 11.2 Å². The number of hydrogen-bond donors (Lipinski definition) is 1. The number of rotatable bonds is 22. The van der Waals surface area contributed by atoms with Crippen LogP contribution in [0.25, 0.3) is 0 Å². The molecule has 0 radical (unpaired) electrons. The van der Waals surface area contributed by atoms with Crippen LogP contribution in [0.1, 0.15) is 120 Å². The summed E-state index contributed by atoms with van der Waals surface area (Å²) in [4.78, 5) is 15.2. The fourth-order valence-corrected chi connectivity index (χ4v) is 5.16. The van der Waals surface area contributed by atoms with Gasteiger partial charge in [0.15, 0.2) is 0 Å². The number of nitrogens with zero attached hydrogens (tertiary/aromatic N) is 1. The highest BCUT2D eigenvalue weighted by Crippen LogP contribution is 2.21. The second-order valence-electron chi connectivity index (χ2n) is 10.9. The van der Waals surface area contributed by atoms with Gasteiger partial charge in [-0.05, 0) is 68.5 Å². The van der Waals surface area contributed by atoms with Gasteiger partial charge in [0.25, 0.3) is 0 Å². The third-order valence-electron chi connectivity index (χ3n) is 7.62. The molecule has 1 atom stereocenters. The monoisotopic (exact) mass is 542 g/mol. The zero-order valence-corrected chi connectivity index (χ0v) is 24.9. The highest BCUT2D eigenvalue weighted by Gasteiger charge is 2.13. The Morgan fingerprint density at radius 2 is 1.21 bits per heavy atom. The van der Waals surface area contributed by atoms with Gasteiger partial charge in [-0.15, -0.1) is 12.4 Å². The molecule has 0 aliphatic heterocycles. The van der Waals surface area contributed by atoms with E-state index < -0.39 is 0 Å². The lowest BCUT2D eigenvalue weighted by Gasteiger charge is -2.23. The van der Waals surface area contributed by atoms with Crippen molar-refractivity contribution in [2.75, 3.05) is 19.6 Å². The van der Waals surface area contributed by atoms with Crippen LogP contribution in [0.4, 0.5) is 0 Å². The summed E-state index contributed by atoms with van der Waals surface area (Å²) in [6.07, 6.45) is 18.5. The van der Waals surface area contributed by atoms with Gasteiger partial charge in [0.05, 0.1) is 0 Å². The molecule has 0 aliphatic carbocycles. The van der Waals surface area contributed by atoms with Gasteiger partial charge in [-0.3, -0.25) is 4.79 Å². The second-order valence-corrected chi connectivity index (χ2v) is 10.9. The number of benzene rings is 2. The maximum atomic E-state index is 13.0. The zero-order chi connectivity index (χ0) is 26.4. The van der Waals surface area contributed by atoms with Crippen LogP contribution in [0.15, 0.2) is 60.7 Å². The van der Waals surface area contributed by atoms with Gasteiger partial charge >= 0.3 is 0 Å². The molecule has 0 aliphatic rings. The Labute approximate surface area is 240 Å². The molecule has 2 rings (SSSR count). The van der Waals surface area contributed by atoms with Crippen LogP contribution in [0.2, 0.25) is 0 Å². The molecular weight excluding hydrogens is 488 g/mol. The van der Waals surface area contributed by atoms with Crippen LogP contribution in [0.5, 0.6) is 0 Å². The molecule has 0 aromatic heterocycles. The summed E-state index contributed by atoms with van der Waals surface area (Å²) in [5.41, 5.74) is 8.48. The predicted octanol–water partition coefficient (Wildman–Crippen LogP) is 9.09. The number of halogens is 1. The molecule has 0 fully saturated rings. The zero-order valence-electron chi connectivity index (χ0n) is 24.1. The number of hydrogen-bond acceptors (Lipinski definition) is 2. The molecule has 2 aromatic carbocycles. The SMILES string of the molecule is CC(CCCCCN(CCCCCCCc1ccccc1)C(=O)CCCCCCCN)c1ccccc1.Cl. The van der Waals surface area contributed by atoms with Crippen molar-refractivity contribution >= 4 is 18.3 Å². The van der Waals surface area contributed by atoms with Gasteiger partial charge in [0.1, 0.15) is 0 Å². The number of amides is 1. The van der Waals surface area contributed by atoms with E-state index in [1.54, 1.807) is 0 Å². The molecule has 0 saturated carbocycles. The molecule has 0 bridgehead atoms. The van der Waals surface area contributed by atoms with Gasteiger partial charge in [-0.2, -0.15) is 0 Å². The van der Waals surface area contributed by atoms with E-state index in [-0.39, 0.29) is 12.4 Å². The van der Waals surface area contributed by atoms with Crippen molar-refractivity contribution in [1.29, 1.82) is 0 Å². The molecular formula is C34H55ClN2O. The van der Waals surface area contributed by atoms with Gasteiger partial charge in [-0.1, -0.05) is 119 Å². The quantitative estimate of drug-likeness (QED) is 0.151. The van der Waals surface area contributed by atoms with Gasteiger partial charge in [0, 0.05) is 19.5 Å². The highest BCUT2D eigenvalue weighted by atomic mass is 35.5. The summed E-state index contributed by atoms with van der Waals surface area (Å²) in [7, 11) is 0. The summed E-state index contributed by atoms with van der Waals surface area (Å²) in [5.74, 6) is 0.987. The molecule has 0 heterocycles. The summed E-state index contributed by atoms with van der Waals surface area (Å²) >= 11 is 0. The van der Waals surface area contributed by atoms with E-state index >= 15 is 0 Å². The van der Waals surface area contributed by atoms with E-state index in [9.17, 15) is 4.79 Å². The lowest BCUT2D eigenvalue weighted by molar-refractivity contribution is -0.131. The van der Waals surface area contributed by atoms with Crippen molar-refractivity contribution in [3.8, 4) is 0 Å². The summed E-state index contributed by atoms with van der Waals surface area (Å²) in [6, 6.07) is 21.6. The van der Waals surface area contributed by atoms with Crippen molar-refractivity contribution in [2.45, 2.75) is 116 Å². The molecule has 2 N–H and O–H groups in total. The van der Waals surface area contributed by atoms with Crippen molar-refractivity contribution < 1.29 is 4.79 Å². The lowest BCUT2D eigenvalue weighted by atomic mass is 9.95. The normalized spacial score (nSPS) is 11.6. The molecule has 214 valence electrons. The maximum Gasteiger partial charge on any atom is 0.222 e. The van der Waals surface area contributed by atoms with Crippen LogP contribution < -0.4 is 5.73 Å². The first-order valence-corrected chi connectivity index (χ1v) is 15.3. The van der Waals surface area contributed by atoms with Crippen molar-refractivity contribution in [1.82, 2.24) is 4.90 Å². The third kappa shape index (κ3) is 16.2. The van der Waals surface area contributed by atoms with E-state index in [1.807, 2.05) is 0 Å². The molecule has 0 saturated heterocycles. The smallest absolute Gasteiger partial charge is 0.222 e. The minimum absolute atomic E-state index is 0. The second kappa shape index (κ2) is 23.1. The summed E-state index contributed by atoms with van der Waals surface area (Å²) in [6.45, 7) is 4.98. The van der Waals surface area contributed by atoms with Gasteiger partial charge in [0.2, 0.25) is 5.91 Å². The molecule has 2 aromatic rings. The van der Waals surface area contributed by atoms with E-state index in [2.05, 4.69) is 72.5 Å². The first-order chi connectivity index (χ1) is 18.2. The fraction of sp³-hybridized carbons (Fsp3) is 0.618. The summed E-state index contributed by atoms with van der Waals surface area (Å²) in [5, 5.41) is 0. The fourth-order valence-electron chi connectivity index (χ4n) is 5.16. The average molecular weight is 543 g/mol. The topological polar surface area (TPSA) is 46.3 Å². The molecule has 3 nitrogen and oxygen atoms in total. The standard InChI is InChI=1S/C34H54N2O.ClH/c1-31(33-25-15-9-16-26-33)21-11-10-20-30-36(34(37)27-17-5-2-6-18-28-35)29-19-7-3-4-12-22-32-23-13-8-14-24-32;/h8-9,13-16,23-26,31H,2-7,10-12,17-22,27-30,35H2,1H3;1H. The number of carbonyl (C=O) groups excluding carboxylic acids is 1. The maximum absolute atomic E-state index is 13.0. The van der Waals surface area contributed by atoms with Crippen molar-refractivity contribution in [3.05, 3.63) is 71.8 Å².